The Morgan fingerprint density at radius 2 is 1.67 bits per heavy atom. The Balaban J connectivity index is 2.62. The number of allylic oxidation sites excluding steroid dienone is 1. The van der Waals surface area contributed by atoms with Crippen LogP contribution in [0.4, 0.5) is 0 Å². The zero-order valence-electron chi connectivity index (χ0n) is 15.0. The molecule has 0 spiro atoms. The number of hydrogen-bond donors (Lipinski definition) is 1. The molecular formula is C18H32NSiTi. The Bertz CT molecular complexity index is 581. The van der Waals surface area contributed by atoms with Crippen molar-refractivity contribution < 1.29 is 14.8 Å². The van der Waals surface area contributed by atoms with Gasteiger partial charge in [-0.15, -0.1) is 0 Å². The van der Waals surface area contributed by atoms with E-state index in [0.717, 1.165) is 0 Å². The molecule has 21 heavy (non-hydrogen) atoms. The maximum atomic E-state index is 4.23. The molecule has 1 nitrogen and oxygen atoms in total. The molecule has 0 amide bonds. The van der Waals surface area contributed by atoms with Crippen LogP contribution in [0.1, 0.15) is 43.0 Å². The van der Waals surface area contributed by atoms with Crippen LogP contribution in [0.5, 0.6) is 0 Å². The summed E-state index contributed by atoms with van der Waals surface area (Å²) in [5.41, 5.74) is 4.80. The second-order valence-corrected chi connectivity index (χ2v) is 33.6. The molecule has 0 heterocycles. The van der Waals surface area contributed by atoms with Crippen molar-refractivity contribution in [2.75, 3.05) is 0 Å². The van der Waals surface area contributed by atoms with Crippen molar-refractivity contribution in [3.05, 3.63) is 41.0 Å². The SMILES string of the molecule is CC1=Cc2ccccc2[CH]1[Ti]([CH3])([CH3])([NH]C(C)(C)C)[SiH](C)C. The third kappa shape index (κ3) is 3.01. The van der Waals surface area contributed by atoms with Gasteiger partial charge in [-0.25, -0.2) is 0 Å². The molecule has 0 aromatic heterocycles. The fourth-order valence-electron chi connectivity index (χ4n) is 4.39. The average molecular weight is 338 g/mol. The fourth-order valence-corrected chi connectivity index (χ4v) is 21.6. The Hall–Kier alpha value is -0.149. The molecule has 1 aliphatic rings. The van der Waals surface area contributed by atoms with Crippen LogP contribution in [0.2, 0.25) is 23.6 Å². The van der Waals surface area contributed by atoms with Crippen molar-refractivity contribution in [2.24, 2.45) is 0 Å². The van der Waals surface area contributed by atoms with E-state index in [1.54, 1.807) is 11.1 Å². The minimum absolute atomic E-state index is 0.190. The third-order valence-corrected chi connectivity index (χ3v) is 34.1. The first-order valence-electron chi connectivity index (χ1n) is 8.21. The molecule has 0 fully saturated rings. The summed E-state index contributed by atoms with van der Waals surface area (Å²) in [6.07, 6.45) is 2.43. The van der Waals surface area contributed by atoms with Crippen molar-refractivity contribution in [1.29, 1.82) is 0 Å². The third-order valence-electron chi connectivity index (χ3n) is 5.58. The average Bonchev–Trinajstić information content (AvgIpc) is 2.62. The van der Waals surface area contributed by atoms with Crippen LogP contribution in [-0.4, -0.2) is 12.2 Å². The van der Waals surface area contributed by atoms with E-state index >= 15 is 0 Å². The second kappa shape index (κ2) is 5.19. The molecule has 1 unspecified atom stereocenters. The van der Waals surface area contributed by atoms with E-state index in [1.165, 1.54) is 5.56 Å². The van der Waals surface area contributed by atoms with Gasteiger partial charge in [-0.05, 0) is 0 Å². The van der Waals surface area contributed by atoms with Crippen molar-refractivity contribution in [2.45, 2.75) is 61.0 Å². The molecule has 3 heteroatoms. The number of nitrogens with one attached hydrogen (secondary N) is 1. The number of benzene rings is 1. The first-order chi connectivity index (χ1) is 9.45. The van der Waals surface area contributed by atoms with Gasteiger partial charge in [-0.1, -0.05) is 0 Å². The van der Waals surface area contributed by atoms with Gasteiger partial charge in [0, 0.05) is 0 Å². The zero-order chi connectivity index (χ0) is 16.1. The molecule has 1 aliphatic carbocycles. The van der Waals surface area contributed by atoms with E-state index in [2.05, 4.69) is 85.4 Å². The quantitative estimate of drug-likeness (QED) is 0.745. The zero-order valence-corrected chi connectivity index (χ0v) is 17.8. The van der Waals surface area contributed by atoms with Crippen LogP contribution in [0.25, 0.3) is 6.08 Å². The van der Waals surface area contributed by atoms with Crippen LogP contribution < -0.4 is 3.80 Å². The molecule has 0 aliphatic heterocycles. The van der Waals surface area contributed by atoms with E-state index < -0.39 is 21.5 Å². The monoisotopic (exact) mass is 338 g/mol. The molecule has 0 bridgehead atoms. The van der Waals surface area contributed by atoms with Crippen molar-refractivity contribution in [3.63, 3.8) is 0 Å². The summed E-state index contributed by atoms with van der Waals surface area (Å²) < 4.78 is 4.89. The summed E-state index contributed by atoms with van der Waals surface area (Å²) in [5, 5.41) is 5.31. The predicted octanol–water partition coefficient (Wildman–Crippen LogP) is 5.22. The molecule has 2 rings (SSSR count). The summed E-state index contributed by atoms with van der Waals surface area (Å²) >= 11 is -2.84. The van der Waals surface area contributed by atoms with E-state index in [4.69, 9.17) is 0 Å². The molecule has 1 aromatic rings. The summed E-state index contributed by atoms with van der Waals surface area (Å²) in [6.45, 7) is 13.6. The topological polar surface area (TPSA) is 12.0 Å². The molecule has 0 saturated heterocycles. The maximum absolute atomic E-state index is 4.23. The van der Waals surface area contributed by atoms with E-state index in [-0.39, 0.29) is 5.54 Å². The van der Waals surface area contributed by atoms with Gasteiger partial charge in [0.15, 0.2) is 0 Å². The molecule has 1 N–H and O–H groups in total. The summed E-state index contributed by atoms with van der Waals surface area (Å²) in [5.74, 6) is 0. The molecule has 1 atom stereocenters. The predicted molar refractivity (Wildman–Crippen MR) is 96.3 cm³/mol. The first kappa shape index (κ1) is 17.2. The number of rotatable bonds is 3. The van der Waals surface area contributed by atoms with Gasteiger partial charge in [0.1, 0.15) is 0 Å². The van der Waals surface area contributed by atoms with Gasteiger partial charge in [-0.2, -0.15) is 0 Å². The van der Waals surface area contributed by atoms with Gasteiger partial charge in [0.2, 0.25) is 0 Å². The molecule has 0 saturated carbocycles. The van der Waals surface area contributed by atoms with E-state index in [1.807, 2.05) is 0 Å². The molecular weight excluding hydrogens is 306 g/mol. The van der Waals surface area contributed by atoms with Crippen LogP contribution in [0, 0.1) is 0 Å². The van der Waals surface area contributed by atoms with Gasteiger partial charge < -0.3 is 0 Å². The van der Waals surface area contributed by atoms with E-state index in [9.17, 15) is 0 Å². The van der Waals surface area contributed by atoms with Gasteiger partial charge in [-0.3, -0.25) is 0 Å². The number of fused-ring (bicyclic) bond motifs is 1. The standard InChI is InChI=1S/C10H9.C4H10N.C2H7Si.2CH3.Ti/c1-8-6-9-4-2-3-5-10(9)7-8;1-4(2,3)5;1-3-2;;;/h2-7H,1H3;5H,1-3H3;3H,1-2H3;2*1H3;/q;-1;;;;+1. The van der Waals surface area contributed by atoms with Gasteiger partial charge in [0.05, 0.1) is 0 Å². The Morgan fingerprint density at radius 1 is 1.10 bits per heavy atom. The van der Waals surface area contributed by atoms with Crippen LogP contribution in [-0.2, 0) is 14.8 Å². The fraction of sp³-hybridized carbons (Fsp3) is 0.556. The molecule has 1 aromatic carbocycles. The Kier molecular flexibility index (Phi) is 4.26. The second-order valence-electron chi connectivity index (χ2n) is 9.09. The summed E-state index contributed by atoms with van der Waals surface area (Å²) in [7, 11) is 0. The van der Waals surface area contributed by atoms with Gasteiger partial charge in [0.25, 0.3) is 0 Å². The van der Waals surface area contributed by atoms with Crippen LogP contribution in [0.3, 0.4) is 0 Å². The van der Waals surface area contributed by atoms with Crippen molar-refractivity contribution >= 4 is 12.7 Å². The first-order valence-corrected chi connectivity index (χ1v) is 18.6. The summed E-state index contributed by atoms with van der Waals surface area (Å²) in [4.78, 5) is 0. The number of hydrogen-bond acceptors (Lipinski definition) is 1. The molecule has 117 valence electrons. The van der Waals surface area contributed by atoms with Crippen molar-refractivity contribution in [1.82, 2.24) is 3.80 Å². The van der Waals surface area contributed by atoms with E-state index in [0.29, 0.717) is 4.22 Å². The van der Waals surface area contributed by atoms with Crippen LogP contribution in [0.15, 0.2) is 29.8 Å². The molecule has 0 radical (unpaired) electrons. The van der Waals surface area contributed by atoms with Gasteiger partial charge >= 0.3 is 133 Å². The summed E-state index contributed by atoms with van der Waals surface area (Å²) in [6, 6.07) is 9.03. The Morgan fingerprint density at radius 3 is 2.19 bits per heavy atom. The van der Waals surface area contributed by atoms with Crippen molar-refractivity contribution in [3.8, 4) is 0 Å². The van der Waals surface area contributed by atoms with Crippen LogP contribution >= 0.6 is 0 Å². The Labute approximate surface area is 133 Å². The minimum atomic E-state index is -2.84. The normalized spacial score (nSPS) is 20.9.